The van der Waals surface area contributed by atoms with E-state index in [1.807, 2.05) is 12.1 Å². The zero-order chi connectivity index (χ0) is 18.5. The van der Waals surface area contributed by atoms with Crippen LogP contribution in [0, 0.1) is 0 Å². The standard InChI is InChI=1S/C21H23NO4/c1-14(20(23)22-18-8-5-9-19(13-18)25-2)26-21(24)17-11-10-15-6-3-4-7-16(15)12-17/h5,8-14H,3-4,6-7H2,1-2H3,(H,22,23)/t14-/m0/s1. The summed E-state index contributed by atoms with van der Waals surface area (Å²) in [7, 11) is 1.56. The van der Waals surface area contributed by atoms with E-state index in [-0.39, 0.29) is 5.91 Å². The van der Waals surface area contributed by atoms with Crippen LogP contribution in [-0.2, 0) is 22.4 Å². The molecule has 0 unspecified atom stereocenters. The third-order valence-electron chi connectivity index (χ3n) is 4.57. The molecule has 1 amide bonds. The molecule has 136 valence electrons. The van der Waals surface area contributed by atoms with Crippen LogP contribution in [0.25, 0.3) is 0 Å². The molecule has 3 rings (SSSR count). The third kappa shape index (κ3) is 4.23. The SMILES string of the molecule is COc1cccc(NC(=O)[C@H](C)OC(=O)c2ccc3c(c2)CCCC3)c1. The molecule has 0 bridgehead atoms. The number of carbonyl (C=O) groups excluding carboxylic acids is 2. The average molecular weight is 353 g/mol. The van der Waals surface area contributed by atoms with Gasteiger partial charge in [-0.05, 0) is 68.0 Å². The number of hydrogen-bond acceptors (Lipinski definition) is 4. The molecule has 5 heteroatoms. The van der Waals surface area contributed by atoms with Crippen molar-refractivity contribution in [3.63, 3.8) is 0 Å². The highest BCUT2D eigenvalue weighted by Gasteiger charge is 2.20. The van der Waals surface area contributed by atoms with E-state index in [0.717, 1.165) is 19.3 Å². The van der Waals surface area contributed by atoms with Crippen LogP contribution in [0.5, 0.6) is 5.75 Å². The number of benzene rings is 2. The van der Waals surface area contributed by atoms with Crippen molar-refractivity contribution in [2.75, 3.05) is 12.4 Å². The maximum atomic E-state index is 12.4. The van der Waals surface area contributed by atoms with Crippen molar-refractivity contribution in [3.8, 4) is 5.75 Å². The zero-order valence-corrected chi connectivity index (χ0v) is 15.1. The van der Waals surface area contributed by atoms with E-state index in [2.05, 4.69) is 5.32 Å². The number of esters is 1. The van der Waals surface area contributed by atoms with E-state index in [4.69, 9.17) is 9.47 Å². The topological polar surface area (TPSA) is 64.6 Å². The number of fused-ring (bicyclic) bond motifs is 1. The lowest BCUT2D eigenvalue weighted by Crippen LogP contribution is -2.30. The highest BCUT2D eigenvalue weighted by atomic mass is 16.5. The second-order valence-corrected chi connectivity index (χ2v) is 6.46. The monoisotopic (exact) mass is 353 g/mol. The molecule has 1 aliphatic carbocycles. The van der Waals surface area contributed by atoms with Gasteiger partial charge in [0.15, 0.2) is 6.10 Å². The van der Waals surface area contributed by atoms with E-state index < -0.39 is 12.1 Å². The number of anilines is 1. The molecular weight excluding hydrogens is 330 g/mol. The minimum absolute atomic E-state index is 0.385. The molecular formula is C21H23NO4. The number of ether oxygens (including phenoxy) is 2. The normalized spacial score (nSPS) is 14.1. The third-order valence-corrected chi connectivity index (χ3v) is 4.57. The van der Waals surface area contributed by atoms with Gasteiger partial charge < -0.3 is 14.8 Å². The first-order valence-corrected chi connectivity index (χ1v) is 8.84. The van der Waals surface area contributed by atoms with Crippen LogP contribution in [0.15, 0.2) is 42.5 Å². The molecule has 2 aromatic carbocycles. The number of nitrogens with one attached hydrogen (secondary N) is 1. The Labute approximate surface area is 153 Å². The first kappa shape index (κ1) is 18.0. The van der Waals surface area contributed by atoms with Gasteiger partial charge >= 0.3 is 5.97 Å². The van der Waals surface area contributed by atoms with Crippen LogP contribution in [0.2, 0.25) is 0 Å². The highest BCUT2D eigenvalue weighted by Crippen LogP contribution is 2.23. The quantitative estimate of drug-likeness (QED) is 0.832. The van der Waals surface area contributed by atoms with E-state index >= 15 is 0 Å². The van der Waals surface area contributed by atoms with Crippen molar-refractivity contribution in [2.24, 2.45) is 0 Å². The summed E-state index contributed by atoms with van der Waals surface area (Å²) in [6.45, 7) is 1.56. The summed E-state index contributed by atoms with van der Waals surface area (Å²) in [5, 5.41) is 2.73. The minimum Gasteiger partial charge on any atom is -0.497 e. The van der Waals surface area contributed by atoms with Gasteiger partial charge in [0.05, 0.1) is 12.7 Å². The molecule has 0 heterocycles. The van der Waals surface area contributed by atoms with Gasteiger partial charge in [0, 0.05) is 11.8 Å². The van der Waals surface area contributed by atoms with Crippen LogP contribution < -0.4 is 10.1 Å². The molecule has 2 aromatic rings. The molecule has 0 aromatic heterocycles. The van der Waals surface area contributed by atoms with Gasteiger partial charge in [-0.3, -0.25) is 4.79 Å². The Balaban J connectivity index is 1.62. The Kier molecular flexibility index (Phi) is 5.56. The van der Waals surface area contributed by atoms with Crippen LogP contribution in [0.1, 0.15) is 41.3 Å². The fourth-order valence-electron chi connectivity index (χ4n) is 3.09. The average Bonchev–Trinajstić information content (AvgIpc) is 2.67. The summed E-state index contributed by atoms with van der Waals surface area (Å²) in [6, 6.07) is 12.7. The summed E-state index contributed by atoms with van der Waals surface area (Å²) in [5.74, 6) is -0.224. The minimum atomic E-state index is -0.898. The molecule has 0 saturated heterocycles. The largest absolute Gasteiger partial charge is 0.497 e. The number of amides is 1. The van der Waals surface area contributed by atoms with Crippen LogP contribution in [0.4, 0.5) is 5.69 Å². The fourth-order valence-corrected chi connectivity index (χ4v) is 3.09. The number of rotatable bonds is 5. The molecule has 0 radical (unpaired) electrons. The predicted octanol–water partition coefficient (Wildman–Crippen LogP) is 3.76. The number of hydrogen-bond donors (Lipinski definition) is 1. The van der Waals surface area contributed by atoms with Crippen molar-refractivity contribution in [1.29, 1.82) is 0 Å². The van der Waals surface area contributed by atoms with Crippen molar-refractivity contribution in [2.45, 2.75) is 38.7 Å². The summed E-state index contributed by atoms with van der Waals surface area (Å²) in [4.78, 5) is 24.7. The second kappa shape index (κ2) is 8.04. The van der Waals surface area contributed by atoms with Gasteiger partial charge in [0.25, 0.3) is 5.91 Å². The lowest BCUT2D eigenvalue weighted by Gasteiger charge is -2.17. The molecule has 0 saturated carbocycles. The Morgan fingerprint density at radius 1 is 1.04 bits per heavy atom. The molecule has 0 spiro atoms. The van der Waals surface area contributed by atoms with E-state index in [9.17, 15) is 9.59 Å². The van der Waals surface area contributed by atoms with Crippen molar-refractivity contribution < 1.29 is 19.1 Å². The molecule has 0 aliphatic heterocycles. The van der Waals surface area contributed by atoms with Gasteiger partial charge in [-0.2, -0.15) is 0 Å². The van der Waals surface area contributed by atoms with Crippen molar-refractivity contribution in [1.82, 2.24) is 0 Å². The Hall–Kier alpha value is -2.82. The number of carbonyl (C=O) groups is 2. The van der Waals surface area contributed by atoms with Crippen molar-refractivity contribution in [3.05, 3.63) is 59.2 Å². The Morgan fingerprint density at radius 3 is 2.58 bits per heavy atom. The molecule has 0 fully saturated rings. The lowest BCUT2D eigenvalue weighted by molar-refractivity contribution is -0.123. The Morgan fingerprint density at radius 2 is 1.81 bits per heavy atom. The maximum absolute atomic E-state index is 12.4. The number of methoxy groups -OCH3 is 1. The van der Waals surface area contributed by atoms with Gasteiger partial charge in [-0.15, -0.1) is 0 Å². The van der Waals surface area contributed by atoms with Crippen molar-refractivity contribution >= 4 is 17.6 Å². The van der Waals surface area contributed by atoms with Crippen LogP contribution in [-0.4, -0.2) is 25.1 Å². The maximum Gasteiger partial charge on any atom is 0.338 e. The smallest absolute Gasteiger partial charge is 0.338 e. The van der Waals surface area contributed by atoms with Crippen LogP contribution in [0.3, 0.4) is 0 Å². The van der Waals surface area contributed by atoms with Gasteiger partial charge in [-0.25, -0.2) is 4.79 Å². The molecule has 26 heavy (non-hydrogen) atoms. The van der Waals surface area contributed by atoms with Gasteiger partial charge in [-0.1, -0.05) is 12.1 Å². The summed E-state index contributed by atoms with van der Waals surface area (Å²) in [6.07, 6.45) is 3.49. The second-order valence-electron chi connectivity index (χ2n) is 6.46. The summed E-state index contributed by atoms with van der Waals surface area (Å²) >= 11 is 0. The van der Waals surface area contributed by atoms with Gasteiger partial charge in [0.1, 0.15) is 5.75 Å². The predicted molar refractivity (Wildman–Crippen MR) is 99.6 cm³/mol. The highest BCUT2D eigenvalue weighted by molar-refractivity contribution is 5.97. The Bertz CT molecular complexity index is 815. The van der Waals surface area contributed by atoms with E-state index in [0.29, 0.717) is 17.0 Å². The molecule has 5 nitrogen and oxygen atoms in total. The van der Waals surface area contributed by atoms with E-state index in [1.165, 1.54) is 17.5 Å². The van der Waals surface area contributed by atoms with Gasteiger partial charge in [0.2, 0.25) is 0 Å². The lowest BCUT2D eigenvalue weighted by atomic mass is 9.90. The van der Waals surface area contributed by atoms with E-state index in [1.54, 1.807) is 44.4 Å². The number of aryl methyl sites for hydroxylation is 2. The first-order valence-electron chi connectivity index (χ1n) is 8.84. The zero-order valence-electron chi connectivity index (χ0n) is 15.1. The fraction of sp³-hybridized carbons (Fsp3) is 0.333. The summed E-state index contributed by atoms with van der Waals surface area (Å²) < 4.78 is 10.5. The molecule has 1 atom stereocenters. The summed E-state index contributed by atoms with van der Waals surface area (Å²) in [5.41, 5.74) is 3.59. The first-order chi connectivity index (χ1) is 12.6. The van der Waals surface area contributed by atoms with Crippen LogP contribution >= 0.6 is 0 Å². The molecule has 1 N–H and O–H groups in total. The molecule has 1 aliphatic rings.